The van der Waals surface area contributed by atoms with Crippen molar-refractivity contribution in [1.29, 1.82) is 0 Å². The zero-order valence-electron chi connectivity index (χ0n) is 13.2. The van der Waals surface area contributed by atoms with E-state index in [0.29, 0.717) is 5.69 Å². The maximum absolute atomic E-state index is 12.7. The van der Waals surface area contributed by atoms with Crippen LogP contribution in [0, 0.1) is 23.7 Å². The summed E-state index contributed by atoms with van der Waals surface area (Å²) in [5, 5.41) is 5.29. The van der Waals surface area contributed by atoms with Gasteiger partial charge in [-0.25, -0.2) is 4.79 Å². The Hall–Kier alpha value is -2.70. The average Bonchev–Trinajstić information content (AvgIpc) is 3.22. The molecule has 7 nitrogen and oxygen atoms in total. The molecule has 0 radical (unpaired) electrons. The summed E-state index contributed by atoms with van der Waals surface area (Å²) in [6.45, 7) is 1.65. The minimum absolute atomic E-state index is 0.165. The number of aromatic nitrogens is 1. The van der Waals surface area contributed by atoms with Gasteiger partial charge in [0.1, 0.15) is 6.17 Å². The molecule has 3 aliphatic rings. The predicted molar refractivity (Wildman–Crippen MR) is 85.4 cm³/mol. The van der Waals surface area contributed by atoms with Gasteiger partial charge in [-0.05, 0) is 37.3 Å². The molecule has 0 spiro atoms. The molecule has 1 aromatic heterocycles. The molecule has 5 atom stereocenters. The Kier molecular flexibility index (Phi) is 3.37. The van der Waals surface area contributed by atoms with E-state index in [4.69, 9.17) is 0 Å². The molecule has 2 bridgehead atoms. The SMILES string of the molecule is C[C@@H](NC(=O)Nc1cccnc1)N1C(=O)[C@@H]2[C@H](C1=O)[C@H]1C=C[C@H]2C1. The van der Waals surface area contributed by atoms with Gasteiger partial charge in [0.05, 0.1) is 23.7 Å². The van der Waals surface area contributed by atoms with Crippen LogP contribution >= 0.6 is 0 Å². The summed E-state index contributed by atoms with van der Waals surface area (Å²) in [6, 6.07) is 2.93. The highest BCUT2D eigenvalue weighted by Crippen LogP contribution is 2.52. The summed E-state index contributed by atoms with van der Waals surface area (Å²) in [5.41, 5.74) is 0.542. The topological polar surface area (TPSA) is 91.4 Å². The number of fused-ring (bicyclic) bond motifs is 5. The van der Waals surface area contributed by atoms with Crippen molar-refractivity contribution in [3.05, 3.63) is 36.7 Å². The van der Waals surface area contributed by atoms with Gasteiger partial charge >= 0.3 is 6.03 Å². The molecule has 1 saturated carbocycles. The molecular formula is C17H18N4O3. The molecule has 7 heteroatoms. The summed E-state index contributed by atoms with van der Waals surface area (Å²) in [6.07, 6.45) is 7.43. The molecule has 4 amide bonds. The number of anilines is 1. The Labute approximate surface area is 139 Å². The van der Waals surface area contributed by atoms with Crippen LogP contribution in [0.1, 0.15) is 13.3 Å². The van der Waals surface area contributed by atoms with Gasteiger partial charge < -0.3 is 10.6 Å². The number of pyridine rings is 1. The molecule has 0 aromatic carbocycles. The minimum atomic E-state index is -0.688. The van der Waals surface area contributed by atoms with Crippen LogP contribution in [0.15, 0.2) is 36.7 Å². The number of urea groups is 1. The molecule has 1 saturated heterocycles. The number of carbonyl (C=O) groups is 3. The lowest BCUT2D eigenvalue weighted by Gasteiger charge is -2.25. The van der Waals surface area contributed by atoms with Crippen molar-refractivity contribution >= 4 is 23.5 Å². The van der Waals surface area contributed by atoms with Crippen LogP contribution < -0.4 is 10.6 Å². The van der Waals surface area contributed by atoms with Crippen molar-refractivity contribution in [2.45, 2.75) is 19.5 Å². The fourth-order valence-electron chi connectivity index (χ4n) is 4.17. The highest BCUT2D eigenvalue weighted by Gasteiger charge is 2.60. The molecular weight excluding hydrogens is 308 g/mol. The molecule has 0 unspecified atom stereocenters. The van der Waals surface area contributed by atoms with E-state index in [2.05, 4.69) is 15.6 Å². The van der Waals surface area contributed by atoms with E-state index in [1.54, 1.807) is 25.3 Å². The van der Waals surface area contributed by atoms with Gasteiger partial charge in [-0.15, -0.1) is 0 Å². The minimum Gasteiger partial charge on any atom is -0.317 e. The van der Waals surface area contributed by atoms with E-state index < -0.39 is 12.2 Å². The summed E-state index contributed by atoms with van der Waals surface area (Å²) < 4.78 is 0. The first kappa shape index (κ1) is 14.9. The van der Waals surface area contributed by atoms with Gasteiger partial charge in [0.2, 0.25) is 11.8 Å². The molecule has 124 valence electrons. The zero-order chi connectivity index (χ0) is 16.8. The molecule has 1 aromatic rings. The lowest BCUT2D eigenvalue weighted by molar-refractivity contribution is -0.143. The molecule has 24 heavy (non-hydrogen) atoms. The largest absolute Gasteiger partial charge is 0.320 e. The maximum Gasteiger partial charge on any atom is 0.320 e. The molecule has 2 aliphatic carbocycles. The number of nitrogens with one attached hydrogen (secondary N) is 2. The second-order valence-corrected chi connectivity index (χ2v) is 6.56. The van der Waals surface area contributed by atoms with Crippen LogP contribution in [-0.4, -0.2) is 33.9 Å². The second-order valence-electron chi connectivity index (χ2n) is 6.56. The number of nitrogens with zero attached hydrogens (tertiary/aromatic N) is 2. The highest BCUT2D eigenvalue weighted by atomic mass is 16.2. The first-order chi connectivity index (χ1) is 11.6. The maximum atomic E-state index is 12.7. The van der Waals surface area contributed by atoms with Gasteiger partial charge in [-0.3, -0.25) is 19.5 Å². The first-order valence-corrected chi connectivity index (χ1v) is 8.09. The summed E-state index contributed by atoms with van der Waals surface area (Å²) in [4.78, 5) is 42.5. The fraction of sp³-hybridized carbons (Fsp3) is 0.412. The van der Waals surface area contributed by atoms with E-state index in [1.807, 2.05) is 12.2 Å². The van der Waals surface area contributed by atoms with Crippen LogP contribution in [0.2, 0.25) is 0 Å². The average molecular weight is 326 g/mol. The van der Waals surface area contributed by atoms with Crippen LogP contribution in [0.25, 0.3) is 0 Å². The Bertz CT molecular complexity index is 703. The molecule has 4 rings (SSSR count). The van der Waals surface area contributed by atoms with Crippen molar-refractivity contribution in [3.63, 3.8) is 0 Å². The van der Waals surface area contributed by atoms with E-state index >= 15 is 0 Å². The number of imide groups is 1. The molecule has 2 heterocycles. The quantitative estimate of drug-likeness (QED) is 0.648. The van der Waals surface area contributed by atoms with E-state index in [0.717, 1.165) is 6.42 Å². The first-order valence-electron chi connectivity index (χ1n) is 8.09. The van der Waals surface area contributed by atoms with E-state index in [1.165, 1.54) is 11.1 Å². The molecule has 2 fully saturated rings. The number of carbonyl (C=O) groups excluding carboxylic acids is 3. The smallest absolute Gasteiger partial charge is 0.317 e. The third kappa shape index (κ3) is 2.19. The fourth-order valence-corrected chi connectivity index (χ4v) is 4.17. The van der Waals surface area contributed by atoms with Gasteiger partial charge in [-0.2, -0.15) is 0 Å². The van der Waals surface area contributed by atoms with Crippen molar-refractivity contribution in [1.82, 2.24) is 15.2 Å². The Balaban J connectivity index is 1.44. The van der Waals surface area contributed by atoms with Crippen LogP contribution in [0.3, 0.4) is 0 Å². The second kappa shape index (κ2) is 5.43. The molecule has 2 N–H and O–H groups in total. The third-order valence-corrected chi connectivity index (χ3v) is 5.15. The highest BCUT2D eigenvalue weighted by molar-refractivity contribution is 6.07. The lowest BCUT2D eigenvalue weighted by atomic mass is 9.85. The normalized spacial score (nSPS) is 31.3. The number of rotatable bonds is 3. The third-order valence-electron chi connectivity index (χ3n) is 5.15. The molecule has 1 aliphatic heterocycles. The Morgan fingerprint density at radius 2 is 1.92 bits per heavy atom. The summed E-state index contributed by atoms with van der Waals surface area (Å²) in [7, 11) is 0. The van der Waals surface area contributed by atoms with Gasteiger partial charge in [0.25, 0.3) is 0 Å². The monoisotopic (exact) mass is 326 g/mol. The number of hydrogen-bond acceptors (Lipinski definition) is 4. The van der Waals surface area contributed by atoms with Crippen molar-refractivity contribution in [3.8, 4) is 0 Å². The van der Waals surface area contributed by atoms with Crippen molar-refractivity contribution in [2.75, 3.05) is 5.32 Å². The van der Waals surface area contributed by atoms with E-state index in [-0.39, 0.29) is 35.5 Å². The van der Waals surface area contributed by atoms with E-state index in [9.17, 15) is 14.4 Å². The van der Waals surface area contributed by atoms with Crippen molar-refractivity contribution in [2.24, 2.45) is 23.7 Å². The van der Waals surface area contributed by atoms with Crippen LogP contribution in [-0.2, 0) is 9.59 Å². The Morgan fingerprint density at radius 3 is 2.50 bits per heavy atom. The number of hydrogen-bond donors (Lipinski definition) is 2. The predicted octanol–water partition coefficient (Wildman–Crippen LogP) is 1.36. The number of likely N-dealkylation sites (tertiary alicyclic amines) is 1. The Morgan fingerprint density at radius 1 is 1.25 bits per heavy atom. The van der Waals surface area contributed by atoms with Gasteiger partial charge in [-0.1, -0.05) is 12.2 Å². The summed E-state index contributed by atoms with van der Waals surface area (Å²) >= 11 is 0. The van der Waals surface area contributed by atoms with Crippen LogP contribution in [0.5, 0.6) is 0 Å². The van der Waals surface area contributed by atoms with Gasteiger partial charge in [0, 0.05) is 6.20 Å². The number of amides is 4. The number of allylic oxidation sites excluding steroid dienone is 2. The standard InChI is InChI=1S/C17H18N4O3/c1-9(19-17(24)20-12-3-2-6-18-8-12)21-15(22)13-10-4-5-11(7-10)14(13)16(21)23/h2-6,8-11,13-14H,7H2,1H3,(H2,19,20,24)/t9-,10-,11-,13-,14+/m0/s1. The van der Waals surface area contributed by atoms with Gasteiger partial charge in [0.15, 0.2) is 0 Å². The van der Waals surface area contributed by atoms with Crippen molar-refractivity contribution < 1.29 is 14.4 Å². The summed E-state index contributed by atoms with van der Waals surface area (Å²) in [5.74, 6) is -0.515. The lowest BCUT2D eigenvalue weighted by Crippen LogP contribution is -2.51. The van der Waals surface area contributed by atoms with Crippen LogP contribution in [0.4, 0.5) is 10.5 Å². The zero-order valence-corrected chi connectivity index (χ0v) is 13.2.